The number of hydrogen-bond donors (Lipinski definition) is 0. The molecule has 1 heterocycles. The Morgan fingerprint density at radius 3 is 2.29 bits per heavy atom. The number of carbonyl (C=O) groups excluding carboxylic acids is 2. The van der Waals surface area contributed by atoms with Crippen LogP contribution in [0.4, 0.5) is 5.69 Å². The number of allylic oxidation sites excluding steroid dienone is 1. The van der Waals surface area contributed by atoms with E-state index in [0.717, 1.165) is 27.3 Å². The number of methoxy groups -OCH3 is 1. The predicted molar refractivity (Wildman–Crippen MR) is 114 cm³/mol. The molecule has 0 bridgehead atoms. The quantitative estimate of drug-likeness (QED) is 0.421. The minimum absolute atomic E-state index is 0.227. The first kappa shape index (κ1) is 20.0. The number of rotatable bonds is 4. The van der Waals surface area contributed by atoms with Crippen molar-refractivity contribution in [3.63, 3.8) is 0 Å². The van der Waals surface area contributed by atoms with Crippen molar-refractivity contribution in [1.29, 1.82) is 0 Å². The number of thioether (sulfide) groups is 1. The molecule has 0 spiro atoms. The van der Waals surface area contributed by atoms with E-state index in [1.807, 2.05) is 62.6 Å². The van der Waals surface area contributed by atoms with Crippen molar-refractivity contribution in [2.24, 2.45) is 0 Å². The highest BCUT2D eigenvalue weighted by Gasteiger charge is 2.37. The van der Waals surface area contributed by atoms with E-state index in [0.29, 0.717) is 16.8 Å². The van der Waals surface area contributed by atoms with Crippen LogP contribution in [0.15, 0.2) is 64.2 Å². The lowest BCUT2D eigenvalue weighted by molar-refractivity contribution is -0.136. The lowest BCUT2D eigenvalue weighted by atomic mass is 10.0. The fraction of sp³-hybridized carbons (Fsp3) is 0.217. The number of aryl methyl sites for hydroxylation is 2. The first-order valence-corrected chi connectivity index (χ1v) is 10.2. The van der Waals surface area contributed by atoms with Crippen LogP contribution in [0.3, 0.4) is 0 Å². The Morgan fingerprint density at radius 2 is 1.71 bits per heavy atom. The van der Waals surface area contributed by atoms with Gasteiger partial charge < -0.3 is 4.74 Å². The molecule has 2 aromatic rings. The van der Waals surface area contributed by atoms with Crippen molar-refractivity contribution in [3.8, 4) is 0 Å². The summed E-state index contributed by atoms with van der Waals surface area (Å²) in [5.41, 5.74) is 5.06. The molecule has 0 aromatic heterocycles. The van der Waals surface area contributed by atoms with E-state index >= 15 is 0 Å². The maximum absolute atomic E-state index is 13.3. The summed E-state index contributed by atoms with van der Waals surface area (Å²) in [4.78, 5) is 28.5. The molecule has 2 aromatic carbocycles. The largest absolute Gasteiger partial charge is 0.465 e. The summed E-state index contributed by atoms with van der Waals surface area (Å²) in [7, 11) is 1.33. The molecule has 1 amide bonds. The molecule has 0 saturated carbocycles. The van der Waals surface area contributed by atoms with Gasteiger partial charge in [-0.05, 0) is 74.1 Å². The van der Waals surface area contributed by atoms with E-state index in [1.54, 1.807) is 29.7 Å². The van der Waals surface area contributed by atoms with Crippen LogP contribution in [-0.4, -0.2) is 25.2 Å². The van der Waals surface area contributed by atoms with Gasteiger partial charge in [-0.25, -0.2) is 4.79 Å². The third-order valence-electron chi connectivity index (χ3n) is 4.97. The number of anilines is 1. The molecule has 5 heteroatoms. The lowest BCUT2D eigenvalue weighted by Crippen LogP contribution is -2.24. The zero-order valence-corrected chi connectivity index (χ0v) is 17.5. The number of hydrogen-bond acceptors (Lipinski definition) is 4. The molecule has 1 aliphatic heterocycles. The van der Waals surface area contributed by atoms with E-state index in [1.165, 1.54) is 7.11 Å². The molecule has 0 unspecified atom stereocenters. The van der Waals surface area contributed by atoms with E-state index in [9.17, 15) is 9.59 Å². The van der Waals surface area contributed by atoms with Crippen LogP contribution in [-0.2, 0) is 14.3 Å². The molecule has 4 nitrogen and oxygen atoms in total. The third-order valence-corrected chi connectivity index (χ3v) is 5.71. The highest BCUT2D eigenvalue weighted by molar-refractivity contribution is 7.98. The summed E-state index contributed by atoms with van der Waals surface area (Å²) in [6, 6.07) is 13.7. The number of benzene rings is 2. The minimum atomic E-state index is -0.510. The van der Waals surface area contributed by atoms with Crippen molar-refractivity contribution in [2.45, 2.75) is 25.7 Å². The van der Waals surface area contributed by atoms with Gasteiger partial charge in [0.2, 0.25) is 0 Å². The zero-order valence-electron chi connectivity index (χ0n) is 16.7. The van der Waals surface area contributed by atoms with Crippen LogP contribution < -0.4 is 4.90 Å². The molecule has 0 saturated heterocycles. The fourth-order valence-electron chi connectivity index (χ4n) is 3.22. The first-order chi connectivity index (χ1) is 13.4. The molecular formula is C23H23NO3S. The molecule has 1 aliphatic rings. The first-order valence-electron chi connectivity index (χ1n) is 8.94. The number of nitrogens with zero attached hydrogens (tertiary/aromatic N) is 1. The Labute approximate surface area is 169 Å². The second-order valence-corrected chi connectivity index (χ2v) is 7.57. The van der Waals surface area contributed by atoms with Gasteiger partial charge in [0.15, 0.2) is 0 Å². The van der Waals surface area contributed by atoms with Gasteiger partial charge in [0, 0.05) is 16.3 Å². The maximum atomic E-state index is 13.3. The molecule has 0 atom stereocenters. The summed E-state index contributed by atoms with van der Waals surface area (Å²) in [5.74, 6) is -0.737. The van der Waals surface area contributed by atoms with Crippen LogP contribution in [0.2, 0.25) is 0 Å². The van der Waals surface area contributed by atoms with Crippen LogP contribution in [0.1, 0.15) is 23.6 Å². The van der Waals surface area contributed by atoms with Crippen LogP contribution >= 0.6 is 11.8 Å². The van der Waals surface area contributed by atoms with E-state index < -0.39 is 5.97 Å². The number of amides is 1. The average molecular weight is 394 g/mol. The number of ether oxygens (including phenoxy) is 1. The molecule has 0 radical (unpaired) electrons. The molecular weight excluding hydrogens is 370 g/mol. The van der Waals surface area contributed by atoms with Crippen molar-refractivity contribution >= 4 is 35.4 Å². The standard InChI is InChI=1S/C23H23NO3S/c1-14-6-9-18(12-15(14)2)24-16(3)21(23(26)27-4)20(22(24)25)13-17-7-10-19(28-5)11-8-17/h6-13H,1-5H3/b20-13+. The van der Waals surface area contributed by atoms with E-state index in [2.05, 4.69) is 0 Å². The maximum Gasteiger partial charge on any atom is 0.340 e. The SMILES string of the molecule is COC(=O)C1=C(C)N(c2ccc(C)c(C)c2)C(=O)/C1=C/c1ccc(SC)cc1. The minimum Gasteiger partial charge on any atom is -0.465 e. The summed E-state index contributed by atoms with van der Waals surface area (Å²) in [6.45, 7) is 5.80. The van der Waals surface area contributed by atoms with Gasteiger partial charge in [-0.3, -0.25) is 9.69 Å². The van der Waals surface area contributed by atoms with Gasteiger partial charge in [-0.1, -0.05) is 18.2 Å². The normalized spacial score (nSPS) is 15.5. The average Bonchev–Trinajstić information content (AvgIpc) is 2.94. The van der Waals surface area contributed by atoms with Gasteiger partial charge in [-0.15, -0.1) is 11.8 Å². The zero-order chi connectivity index (χ0) is 20.4. The molecule has 3 rings (SSSR count). The van der Waals surface area contributed by atoms with Crippen LogP contribution in [0.25, 0.3) is 6.08 Å². The topological polar surface area (TPSA) is 46.6 Å². The second kappa shape index (κ2) is 8.07. The third kappa shape index (κ3) is 3.62. The van der Waals surface area contributed by atoms with E-state index in [-0.39, 0.29) is 5.91 Å². The Kier molecular flexibility index (Phi) is 5.75. The highest BCUT2D eigenvalue weighted by Crippen LogP contribution is 2.36. The van der Waals surface area contributed by atoms with Crippen LogP contribution in [0, 0.1) is 13.8 Å². The van der Waals surface area contributed by atoms with Gasteiger partial charge >= 0.3 is 5.97 Å². The van der Waals surface area contributed by atoms with E-state index in [4.69, 9.17) is 4.74 Å². The molecule has 0 fully saturated rings. The molecule has 0 N–H and O–H groups in total. The number of carbonyl (C=O) groups is 2. The second-order valence-electron chi connectivity index (χ2n) is 6.69. The van der Waals surface area contributed by atoms with Crippen molar-refractivity contribution in [2.75, 3.05) is 18.3 Å². The fourth-order valence-corrected chi connectivity index (χ4v) is 3.63. The van der Waals surface area contributed by atoms with Crippen molar-refractivity contribution < 1.29 is 14.3 Å². The summed E-state index contributed by atoms with van der Waals surface area (Å²) >= 11 is 1.65. The predicted octanol–water partition coefficient (Wildman–Crippen LogP) is 4.90. The van der Waals surface area contributed by atoms with Gasteiger partial charge in [0.05, 0.1) is 18.3 Å². The Bertz CT molecular complexity index is 1000. The summed E-state index contributed by atoms with van der Waals surface area (Å²) in [5, 5.41) is 0. The highest BCUT2D eigenvalue weighted by atomic mass is 32.2. The van der Waals surface area contributed by atoms with Crippen LogP contribution in [0.5, 0.6) is 0 Å². The lowest BCUT2D eigenvalue weighted by Gasteiger charge is -2.19. The Morgan fingerprint density at radius 1 is 1.04 bits per heavy atom. The van der Waals surface area contributed by atoms with Gasteiger partial charge in [0.25, 0.3) is 5.91 Å². The number of esters is 1. The van der Waals surface area contributed by atoms with Crippen molar-refractivity contribution in [1.82, 2.24) is 0 Å². The summed E-state index contributed by atoms with van der Waals surface area (Å²) in [6.07, 6.45) is 3.76. The molecule has 28 heavy (non-hydrogen) atoms. The van der Waals surface area contributed by atoms with Gasteiger partial charge in [-0.2, -0.15) is 0 Å². The Hall–Kier alpha value is -2.79. The smallest absolute Gasteiger partial charge is 0.340 e. The van der Waals surface area contributed by atoms with Gasteiger partial charge in [0.1, 0.15) is 0 Å². The van der Waals surface area contributed by atoms with Crippen molar-refractivity contribution in [3.05, 3.63) is 76.0 Å². The summed E-state index contributed by atoms with van der Waals surface area (Å²) < 4.78 is 4.96. The Balaban J connectivity index is 2.11. The monoisotopic (exact) mass is 393 g/mol. The molecule has 0 aliphatic carbocycles. The molecule has 144 valence electrons.